The number of nitro groups is 1. The van der Waals surface area contributed by atoms with Crippen LogP contribution in [-0.2, 0) is 16.6 Å². The highest BCUT2D eigenvalue weighted by atomic mass is 16.6. The number of nitrogens with zero attached hydrogens (tertiary/aromatic N) is 5. The van der Waals surface area contributed by atoms with Crippen molar-refractivity contribution in [1.29, 1.82) is 5.26 Å². The van der Waals surface area contributed by atoms with E-state index < -0.39 is 22.3 Å². The molecule has 1 aliphatic rings. The molecule has 3 aromatic rings. The summed E-state index contributed by atoms with van der Waals surface area (Å²) in [7, 11) is 1.69. The number of imide groups is 1. The van der Waals surface area contributed by atoms with Crippen LogP contribution in [0.2, 0.25) is 0 Å². The molecule has 3 heterocycles. The van der Waals surface area contributed by atoms with Gasteiger partial charge in [-0.1, -0.05) is 0 Å². The Morgan fingerprint density at radius 3 is 2.52 bits per heavy atom. The van der Waals surface area contributed by atoms with Crippen LogP contribution in [0, 0.1) is 21.4 Å². The van der Waals surface area contributed by atoms with Crippen molar-refractivity contribution in [1.82, 2.24) is 14.5 Å². The van der Waals surface area contributed by atoms with Crippen LogP contribution in [0.15, 0.2) is 41.3 Å². The average molecular weight is 390 g/mol. The van der Waals surface area contributed by atoms with Gasteiger partial charge < -0.3 is 4.57 Å². The lowest BCUT2D eigenvalue weighted by Crippen LogP contribution is -2.33. The van der Waals surface area contributed by atoms with E-state index in [0.717, 1.165) is 12.2 Å². The quantitative estimate of drug-likeness (QED) is 0.399. The van der Waals surface area contributed by atoms with Gasteiger partial charge in [0.25, 0.3) is 23.1 Å². The van der Waals surface area contributed by atoms with Gasteiger partial charge in [-0.2, -0.15) is 5.26 Å². The Morgan fingerprint density at radius 2 is 1.90 bits per heavy atom. The van der Waals surface area contributed by atoms with Gasteiger partial charge in [0.15, 0.2) is 0 Å². The van der Waals surface area contributed by atoms with E-state index in [1.807, 2.05) is 0 Å². The molecule has 0 aliphatic carbocycles. The normalized spacial score (nSPS) is 13.3. The standard InChI is InChI=1S/C18H10N6O5/c1-22-8-12(10-6-9(24(28)29)2-3-13(10)22)16-11(7-19)17(27)21-18(20-16)23-14(25)4-5-15(23)26/h2-6,8H,1H3,(H,20,21,27). The number of carbonyl (C=O) groups excluding carboxylic acids is 2. The number of nitriles is 1. The van der Waals surface area contributed by atoms with Crippen LogP contribution >= 0.6 is 0 Å². The van der Waals surface area contributed by atoms with Gasteiger partial charge in [0.2, 0.25) is 5.95 Å². The number of nitro benzene ring substituents is 1. The number of non-ortho nitro benzene ring substituents is 1. The van der Waals surface area contributed by atoms with E-state index in [4.69, 9.17) is 0 Å². The van der Waals surface area contributed by atoms with Crippen LogP contribution in [0.25, 0.3) is 22.2 Å². The zero-order valence-electron chi connectivity index (χ0n) is 14.7. The molecular formula is C18H10N6O5. The first-order chi connectivity index (χ1) is 13.8. The summed E-state index contributed by atoms with van der Waals surface area (Å²) in [6.45, 7) is 0. The van der Waals surface area contributed by atoms with E-state index in [0.29, 0.717) is 15.8 Å². The van der Waals surface area contributed by atoms with Crippen molar-refractivity contribution in [3.05, 3.63) is 62.6 Å². The van der Waals surface area contributed by atoms with E-state index in [2.05, 4.69) is 9.97 Å². The highest BCUT2D eigenvalue weighted by molar-refractivity contribution is 6.27. The van der Waals surface area contributed by atoms with Gasteiger partial charge in [-0.3, -0.25) is 29.5 Å². The summed E-state index contributed by atoms with van der Waals surface area (Å²) in [5.41, 5.74) is -0.579. The third-order valence-corrected chi connectivity index (χ3v) is 4.48. The lowest BCUT2D eigenvalue weighted by atomic mass is 10.1. The predicted molar refractivity (Wildman–Crippen MR) is 99.8 cm³/mol. The number of hydrogen-bond donors (Lipinski definition) is 1. The Kier molecular flexibility index (Phi) is 3.83. The number of nitrogens with one attached hydrogen (secondary N) is 1. The largest absolute Gasteiger partial charge is 0.350 e. The van der Waals surface area contributed by atoms with Crippen molar-refractivity contribution in [3.8, 4) is 17.3 Å². The Labute approximate surface area is 161 Å². The molecule has 0 radical (unpaired) electrons. The average Bonchev–Trinajstić information content (AvgIpc) is 3.19. The Morgan fingerprint density at radius 1 is 1.21 bits per heavy atom. The second-order valence-corrected chi connectivity index (χ2v) is 6.18. The number of rotatable bonds is 3. The second kappa shape index (κ2) is 6.24. The fourth-order valence-electron chi connectivity index (χ4n) is 3.16. The van der Waals surface area contributed by atoms with Crippen molar-refractivity contribution >= 4 is 34.4 Å². The zero-order chi connectivity index (χ0) is 20.9. The van der Waals surface area contributed by atoms with Gasteiger partial charge in [-0.15, -0.1) is 0 Å². The lowest BCUT2D eigenvalue weighted by Gasteiger charge is -2.13. The Balaban J connectivity index is 2.02. The molecule has 1 aromatic carbocycles. The van der Waals surface area contributed by atoms with Crippen molar-refractivity contribution in [2.45, 2.75) is 0 Å². The summed E-state index contributed by atoms with van der Waals surface area (Å²) in [6, 6.07) is 5.94. The van der Waals surface area contributed by atoms with E-state index in [-0.39, 0.29) is 28.5 Å². The Hall–Kier alpha value is -4.59. The molecule has 29 heavy (non-hydrogen) atoms. The van der Waals surface area contributed by atoms with Gasteiger partial charge in [-0.05, 0) is 6.07 Å². The number of aryl methyl sites for hydroxylation is 1. The molecule has 0 atom stereocenters. The maximum Gasteiger partial charge on any atom is 0.270 e. The van der Waals surface area contributed by atoms with Crippen LogP contribution in [0.3, 0.4) is 0 Å². The number of fused-ring (bicyclic) bond motifs is 1. The molecule has 0 saturated carbocycles. The minimum absolute atomic E-state index is 0.0927. The number of amides is 2. The zero-order valence-corrected chi connectivity index (χ0v) is 14.7. The monoisotopic (exact) mass is 390 g/mol. The fraction of sp³-hybridized carbons (Fsp3) is 0.0556. The number of aromatic amines is 1. The number of carbonyl (C=O) groups is 2. The molecular weight excluding hydrogens is 380 g/mol. The van der Waals surface area contributed by atoms with Crippen LogP contribution < -0.4 is 10.5 Å². The fourth-order valence-corrected chi connectivity index (χ4v) is 3.16. The van der Waals surface area contributed by atoms with E-state index in [1.165, 1.54) is 18.2 Å². The summed E-state index contributed by atoms with van der Waals surface area (Å²) in [5.74, 6) is -1.73. The number of benzene rings is 1. The topological polar surface area (TPSA) is 155 Å². The minimum atomic E-state index is -0.845. The van der Waals surface area contributed by atoms with Gasteiger partial charge >= 0.3 is 0 Å². The smallest absolute Gasteiger partial charge is 0.270 e. The highest BCUT2D eigenvalue weighted by Crippen LogP contribution is 2.33. The van der Waals surface area contributed by atoms with Gasteiger partial charge in [0.1, 0.15) is 11.6 Å². The highest BCUT2D eigenvalue weighted by Gasteiger charge is 2.29. The van der Waals surface area contributed by atoms with Crippen LogP contribution in [0.1, 0.15) is 5.56 Å². The molecule has 1 N–H and O–H groups in total. The molecule has 4 rings (SSSR count). The second-order valence-electron chi connectivity index (χ2n) is 6.18. The van der Waals surface area contributed by atoms with Gasteiger partial charge in [-0.25, -0.2) is 9.88 Å². The molecule has 142 valence electrons. The third-order valence-electron chi connectivity index (χ3n) is 4.48. The molecule has 2 aromatic heterocycles. The number of H-pyrrole nitrogens is 1. The molecule has 0 saturated heterocycles. The van der Waals surface area contributed by atoms with Crippen LogP contribution in [-0.4, -0.2) is 31.3 Å². The maximum absolute atomic E-state index is 12.5. The van der Waals surface area contributed by atoms with Crippen molar-refractivity contribution in [3.63, 3.8) is 0 Å². The maximum atomic E-state index is 12.5. The SMILES string of the molecule is Cn1cc(-c2nc(N3C(=O)C=CC3=O)[nH]c(=O)c2C#N)c2cc([N+](=O)[O-])ccc21. The van der Waals surface area contributed by atoms with E-state index in [1.54, 1.807) is 23.9 Å². The van der Waals surface area contributed by atoms with E-state index >= 15 is 0 Å². The summed E-state index contributed by atoms with van der Waals surface area (Å²) in [4.78, 5) is 54.1. The van der Waals surface area contributed by atoms with Crippen LogP contribution in [0.4, 0.5) is 11.6 Å². The van der Waals surface area contributed by atoms with Crippen LogP contribution in [0.5, 0.6) is 0 Å². The van der Waals surface area contributed by atoms with E-state index in [9.17, 15) is 29.8 Å². The van der Waals surface area contributed by atoms with Gasteiger partial charge in [0.05, 0.1) is 10.6 Å². The summed E-state index contributed by atoms with van der Waals surface area (Å²) in [6.07, 6.45) is 3.62. The number of aromatic nitrogens is 3. The molecule has 11 heteroatoms. The molecule has 11 nitrogen and oxygen atoms in total. The summed E-state index contributed by atoms with van der Waals surface area (Å²) < 4.78 is 1.66. The summed E-state index contributed by atoms with van der Waals surface area (Å²) in [5, 5.41) is 21.0. The van der Waals surface area contributed by atoms with Crippen molar-refractivity contribution in [2.75, 3.05) is 4.90 Å². The third kappa shape index (κ3) is 2.67. The first kappa shape index (κ1) is 17.8. The lowest BCUT2D eigenvalue weighted by molar-refractivity contribution is -0.384. The molecule has 0 unspecified atom stereocenters. The first-order valence-corrected chi connectivity index (χ1v) is 8.16. The van der Waals surface area contributed by atoms with Crippen molar-refractivity contribution < 1.29 is 14.5 Å². The summed E-state index contributed by atoms with van der Waals surface area (Å²) >= 11 is 0. The number of anilines is 1. The number of hydrogen-bond acceptors (Lipinski definition) is 7. The molecule has 1 aliphatic heterocycles. The van der Waals surface area contributed by atoms with Crippen molar-refractivity contribution in [2.24, 2.45) is 7.05 Å². The minimum Gasteiger partial charge on any atom is -0.350 e. The molecule has 0 spiro atoms. The van der Waals surface area contributed by atoms with Gasteiger partial charge in [0, 0.05) is 54.0 Å². The first-order valence-electron chi connectivity index (χ1n) is 8.16. The molecule has 0 fully saturated rings. The molecule has 0 bridgehead atoms. The molecule has 2 amide bonds. The predicted octanol–water partition coefficient (Wildman–Crippen LogP) is 1.14. The Bertz CT molecular complexity index is 1360.